The van der Waals surface area contributed by atoms with E-state index in [0.29, 0.717) is 17.1 Å². The molecule has 2 amide bonds. The summed E-state index contributed by atoms with van der Waals surface area (Å²) in [6, 6.07) is 11.2. The molecule has 1 heterocycles. The molecule has 0 bridgehead atoms. The van der Waals surface area contributed by atoms with Crippen LogP contribution in [0, 0.1) is 6.92 Å². The van der Waals surface area contributed by atoms with E-state index >= 15 is 0 Å². The van der Waals surface area contributed by atoms with Crippen molar-refractivity contribution in [3.05, 3.63) is 53.7 Å². The van der Waals surface area contributed by atoms with Crippen molar-refractivity contribution in [3.63, 3.8) is 0 Å². The topological polar surface area (TPSA) is 62.3 Å². The summed E-state index contributed by atoms with van der Waals surface area (Å²) in [6.07, 6.45) is 5.96. The molecule has 1 aliphatic carbocycles. The molecule has 1 aromatic carbocycles. The quantitative estimate of drug-likeness (QED) is 0.919. The highest BCUT2D eigenvalue weighted by Crippen LogP contribution is 2.29. The third kappa shape index (κ3) is 3.87. The van der Waals surface area contributed by atoms with E-state index in [2.05, 4.69) is 10.3 Å². The highest BCUT2D eigenvalue weighted by molar-refractivity contribution is 6.08. The number of benzene rings is 1. The minimum Gasteiger partial charge on any atom is -0.326 e. The SMILES string of the molecule is CC(=O)Nc1ccc(C)c(C(=O)N(c2ccccn2)C2CCCC2)c1. The van der Waals surface area contributed by atoms with Crippen LogP contribution in [0.2, 0.25) is 0 Å². The molecule has 3 rings (SSSR count). The maximum absolute atomic E-state index is 13.4. The van der Waals surface area contributed by atoms with Gasteiger partial charge in [0, 0.05) is 30.4 Å². The number of aryl methyl sites for hydroxylation is 1. The average Bonchev–Trinajstić information content (AvgIpc) is 3.11. The predicted molar refractivity (Wildman–Crippen MR) is 98.8 cm³/mol. The fraction of sp³-hybridized carbons (Fsp3) is 0.350. The molecule has 0 aliphatic heterocycles. The normalized spacial score (nSPS) is 14.3. The van der Waals surface area contributed by atoms with E-state index < -0.39 is 0 Å². The monoisotopic (exact) mass is 337 g/mol. The molecule has 0 radical (unpaired) electrons. The summed E-state index contributed by atoms with van der Waals surface area (Å²) < 4.78 is 0. The lowest BCUT2D eigenvalue weighted by Gasteiger charge is -2.28. The van der Waals surface area contributed by atoms with Crippen LogP contribution in [0.25, 0.3) is 0 Å². The van der Waals surface area contributed by atoms with Crippen LogP contribution in [-0.2, 0) is 4.79 Å². The van der Waals surface area contributed by atoms with E-state index in [9.17, 15) is 9.59 Å². The van der Waals surface area contributed by atoms with E-state index in [0.717, 1.165) is 31.2 Å². The van der Waals surface area contributed by atoms with Gasteiger partial charge >= 0.3 is 0 Å². The number of hydrogen-bond acceptors (Lipinski definition) is 3. The van der Waals surface area contributed by atoms with Gasteiger partial charge in [0.05, 0.1) is 0 Å². The Bertz CT molecular complexity index is 768. The maximum atomic E-state index is 13.4. The molecule has 5 nitrogen and oxygen atoms in total. The van der Waals surface area contributed by atoms with Crippen molar-refractivity contribution in [2.75, 3.05) is 10.2 Å². The van der Waals surface area contributed by atoms with Gasteiger partial charge < -0.3 is 5.32 Å². The van der Waals surface area contributed by atoms with Crippen LogP contribution < -0.4 is 10.2 Å². The fourth-order valence-electron chi connectivity index (χ4n) is 3.38. The molecule has 0 atom stereocenters. The van der Waals surface area contributed by atoms with Gasteiger partial charge in [0.1, 0.15) is 5.82 Å². The number of nitrogens with zero attached hydrogens (tertiary/aromatic N) is 2. The van der Waals surface area contributed by atoms with Crippen LogP contribution in [0.4, 0.5) is 11.5 Å². The Balaban J connectivity index is 1.98. The Kier molecular flexibility index (Phi) is 5.12. The lowest BCUT2D eigenvalue weighted by molar-refractivity contribution is -0.114. The van der Waals surface area contributed by atoms with Gasteiger partial charge in [0.25, 0.3) is 5.91 Å². The standard InChI is InChI=1S/C20H23N3O2/c1-14-10-11-16(22-15(2)24)13-18(14)20(25)23(17-7-3-4-8-17)19-9-5-6-12-21-19/h5-6,9-13,17H,3-4,7-8H2,1-2H3,(H,22,24). The zero-order chi connectivity index (χ0) is 17.8. The van der Waals surface area contributed by atoms with Crippen LogP contribution >= 0.6 is 0 Å². The van der Waals surface area contributed by atoms with Gasteiger partial charge in [-0.1, -0.05) is 25.0 Å². The van der Waals surface area contributed by atoms with Gasteiger partial charge in [0.15, 0.2) is 0 Å². The molecule has 1 aromatic heterocycles. The summed E-state index contributed by atoms with van der Waals surface area (Å²) in [5.41, 5.74) is 2.12. The fourth-order valence-corrected chi connectivity index (χ4v) is 3.38. The summed E-state index contributed by atoms with van der Waals surface area (Å²) in [6.45, 7) is 3.37. The van der Waals surface area contributed by atoms with Crippen molar-refractivity contribution in [2.45, 2.75) is 45.6 Å². The number of nitrogens with one attached hydrogen (secondary N) is 1. The minimum absolute atomic E-state index is 0.0599. The summed E-state index contributed by atoms with van der Waals surface area (Å²) in [5, 5.41) is 2.75. The number of rotatable bonds is 4. The summed E-state index contributed by atoms with van der Waals surface area (Å²) in [5.74, 6) is 0.471. The van der Waals surface area contributed by atoms with Gasteiger partial charge in [-0.15, -0.1) is 0 Å². The van der Waals surface area contributed by atoms with E-state index in [1.807, 2.05) is 42.2 Å². The molecule has 0 spiro atoms. The van der Waals surface area contributed by atoms with Crippen molar-refractivity contribution in [1.29, 1.82) is 0 Å². The molecule has 130 valence electrons. The Morgan fingerprint density at radius 3 is 2.56 bits per heavy atom. The number of carbonyl (C=O) groups excluding carboxylic acids is 2. The molecular weight excluding hydrogens is 314 g/mol. The molecule has 1 fully saturated rings. The largest absolute Gasteiger partial charge is 0.326 e. The molecule has 0 unspecified atom stereocenters. The van der Waals surface area contributed by atoms with Gasteiger partial charge in [-0.3, -0.25) is 14.5 Å². The summed E-state index contributed by atoms with van der Waals surface area (Å²) in [7, 11) is 0. The predicted octanol–water partition coefficient (Wildman–Crippen LogP) is 3.94. The summed E-state index contributed by atoms with van der Waals surface area (Å²) in [4.78, 5) is 30.9. The molecule has 2 aromatic rings. The lowest BCUT2D eigenvalue weighted by atomic mass is 10.0. The van der Waals surface area contributed by atoms with Gasteiger partial charge in [-0.2, -0.15) is 0 Å². The number of anilines is 2. The Labute approximate surface area is 148 Å². The number of amides is 2. The van der Waals surface area contributed by atoms with Gasteiger partial charge in [0.2, 0.25) is 5.91 Å². The Morgan fingerprint density at radius 2 is 1.92 bits per heavy atom. The van der Waals surface area contributed by atoms with Gasteiger partial charge in [-0.25, -0.2) is 4.98 Å². The second-order valence-corrected chi connectivity index (χ2v) is 6.51. The second-order valence-electron chi connectivity index (χ2n) is 6.51. The van der Waals surface area contributed by atoms with E-state index in [-0.39, 0.29) is 17.9 Å². The summed E-state index contributed by atoms with van der Waals surface area (Å²) >= 11 is 0. The first kappa shape index (κ1) is 17.1. The van der Waals surface area contributed by atoms with E-state index in [1.165, 1.54) is 6.92 Å². The average molecular weight is 337 g/mol. The highest BCUT2D eigenvalue weighted by Gasteiger charge is 2.30. The smallest absolute Gasteiger partial charge is 0.260 e. The van der Waals surface area contributed by atoms with Crippen LogP contribution in [-0.4, -0.2) is 22.8 Å². The maximum Gasteiger partial charge on any atom is 0.260 e. The van der Waals surface area contributed by atoms with Crippen LogP contribution in [0.1, 0.15) is 48.5 Å². The molecule has 5 heteroatoms. The molecule has 25 heavy (non-hydrogen) atoms. The van der Waals surface area contributed by atoms with Crippen molar-refractivity contribution >= 4 is 23.3 Å². The Hall–Kier alpha value is -2.69. The lowest BCUT2D eigenvalue weighted by Crippen LogP contribution is -2.40. The molecule has 0 saturated heterocycles. The van der Waals surface area contributed by atoms with Crippen molar-refractivity contribution in [2.24, 2.45) is 0 Å². The number of carbonyl (C=O) groups is 2. The molecule has 1 aliphatic rings. The van der Waals surface area contributed by atoms with Crippen LogP contribution in [0.5, 0.6) is 0 Å². The van der Waals surface area contributed by atoms with Crippen molar-refractivity contribution in [3.8, 4) is 0 Å². The molecule has 1 saturated carbocycles. The van der Waals surface area contributed by atoms with Crippen molar-refractivity contribution in [1.82, 2.24) is 4.98 Å². The van der Waals surface area contributed by atoms with Crippen LogP contribution in [0.15, 0.2) is 42.6 Å². The Morgan fingerprint density at radius 1 is 1.16 bits per heavy atom. The number of pyridine rings is 1. The van der Waals surface area contributed by atoms with Crippen LogP contribution in [0.3, 0.4) is 0 Å². The number of aromatic nitrogens is 1. The third-order valence-corrected chi connectivity index (χ3v) is 4.59. The van der Waals surface area contributed by atoms with E-state index in [1.54, 1.807) is 12.3 Å². The minimum atomic E-state index is -0.153. The third-order valence-electron chi connectivity index (χ3n) is 4.59. The first-order chi connectivity index (χ1) is 12.1. The second kappa shape index (κ2) is 7.47. The number of hydrogen-bond donors (Lipinski definition) is 1. The first-order valence-corrected chi connectivity index (χ1v) is 8.69. The van der Waals surface area contributed by atoms with E-state index in [4.69, 9.17) is 0 Å². The van der Waals surface area contributed by atoms with Gasteiger partial charge in [-0.05, 0) is 49.6 Å². The molecular formula is C20H23N3O2. The zero-order valence-electron chi connectivity index (χ0n) is 14.7. The van der Waals surface area contributed by atoms with Crippen molar-refractivity contribution < 1.29 is 9.59 Å². The highest BCUT2D eigenvalue weighted by atomic mass is 16.2. The molecule has 1 N–H and O–H groups in total. The zero-order valence-corrected chi connectivity index (χ0v) is 14.7. The first-order valence-electron chi connectivity index (χ1n) is 8.69.